The predicted molar refractivity (Wildman–Crippen MR) is 61.5 cm³/mol. The maximum Gasteiger partial charge on any atom is 0.119 e. The minimum atomic E-state index is -1.17. The van der Waals surface area contributed by atoms with E-state index < -0.39 is 5.97 Å². The molecule has 0 saturated carbocycles. The lowest BCUT2D eigenvalue weighted by Gasteiger charge is -2.08. The Morgan fingerprint density at radius 1 is 1.06 bits per heavy atom. The number of hydrogen-bond donors (Lipinski definition) is 0. The number of ether oxygens (including phenoxy) is 1. The second-order valence-electron chi connectivity index (χ2n) is 3.59. The quantitative estimate of drug-likeness (QED) is 0.797. The number of carbonyl (C=O) groups excluding carboxylic acids is 1. The number of carbonyl (C=O) groups is 1. The molecule has 0 atom stereocenters. The highest BCUT2D eigenvalue weighted by Gasteiger charge is 1.98. The minimum Gasteiger partial charge on any atom is -0.545 e. The van der Waals surface area contributed by atoms with E-state index in [9.17, 15) is 9.90 Å². The molecule has 0 saturated heterocycles. The van der Waals surface area contributed by atoms with Gasteiger partial charge in [-0.25, -0.2) is 0 Å². The van der Waals surface area contributed by atoms with Crippen LogP contribution in [0.1, 0.15) is 15.9 Å². The molecular formula is C14H11O3-. The van der Waals surface area contributed by atoms with Gasteiger partial charge in [-0.1, -0.05) is 36.4 Å². The number of hydrogen-bond acceptors (Lipinski definition) is 3. The summed E-state index contributed by atoms with van der Waals surface area (Å²) >= 11 is 0. The molecule has 0 amide bonds. The van der Waals surface area contributed by atoms with Gasteiger partial charge < -0.3 is 14.6 Å². The zero-order chi connectivity index (χ0) is 12.1. The van der Waals surface area contributed by atoms with Gasteiger partial charge in [0.25, 0.3) is 0 Å². The first-order valence-electron chi connectivity index (χ1n) is 5.24. The summed E-state index contributed by atoms with van der Waals surface area (Å²) in [5.41, 5.74) is 0.967. The standard InChI is InChI=1S/C14H12O3/c15-14(16)12-6-4-5-11(9-12)10-17-13-7-2-1-3-8-13/h1-9H,10H2,(H,15,16)/p-1. The summed E-state index contributed by atoms with van der Waals surface area (Å²) in [6.45, 7) is 0.338. The van der Waals surface area contributed by atoms with Crippen molar-refractivity contribution in [3.05, 3.63) is 65.7 Å². The lowest BCUT2D eigenvalue weighted by atomic mass is 10.1. The van der Waals surface area contributed by atoms with Gasteiger partial charge in [-0.2, -0.15) is 0 Å². The second kappa shape index (κ2) is 5.16. The van der Waals surface area contributed by atoms with Crippen LogP contribution in [-0.2, 0) is 6.61 Å². The van der Waals surface area contributed by atoms with Gasteiger partial charge in [0.1, 0.15) is 12.4 Å². The number of para-hydroxylation sites is 1. The topological polar surface area (TPSA) is 49.4 Å². The monoisotopic (exact) mass is 227 g/mol. The summed E-state index contributed by atoms with van der Waals surface area (Å²) in [5.74, 6) is -0.419. The molecule has 2 aromatic carbocycles. The van der Waals surface area contributed by atoms with Crippen LogP contribution < -0.4 is 9.84 Å². The summed E-state index contributed by atoms with van der Waals surface area (Å²) in [4.78, 5) is 10.7. The molecule has 0 N–H and O–H groups in total. The Bertz CT molecular complexity index is 506. The third-order valence-electron chi connectivity index (χ3n) is 2.31. The van der Waals surface area contributed by atoms with Crippen LogP contribution in [0.4, 0.5) is 0 Å². The fourth-order valence-corrected chi connectivity index (χ4v) is 1.47. The molecule has 86 valence electrons. The Hall–Kier alpha value is -2.29. The molecule has 0 fully saturated rings. The first-order valence-corrected chi connectivity index (χ1v) is 5.24. The molecule has 0 spiro atoms. The lowest BCUT2D eigenvalue weighted by Crippen LogP contribution is -2.22. The van der Waals surface area contributed by atoms with Crippen molar-refractivity contribution < 1.29 is 14.6 Å². The summed E-state index contributed by atoms with van der Waals surface area (Å²) in [7, 11) is 0. The van der Waals surface area contributed by atoms with Gasteiger partial charge in [-0.3, -0.25) is 0 Å². The Balaban J connectivity index is 2.04. The number of rotatable bonds is 4. The van der Waals surface area contributed by atoms with E-state index in [2.05, 4.69) is 0 Å². The van der Waals surface area contributed by atoms with Gasteiger partial charge in [0.15, 0.2) is 0 Å². The first kappa shape index (κ1) is 11.2. The normalized spacial score (nSPS) is 9.88. The highest BCUT2D eigenvalue weighted by molar-refractivity contribution is 5.85. The maximum absolute atomic E-state index is 10.7. The van der Waals surface area contributed by atoms with Crippen LogP contribution >= 0.6 is 0 Å². The van der Waals surface area contributed by atoms with Crippen molar-refractivity contribution >= 4 is 5.97 Å². The molecule has 0 aliphatic carbocycles. The fourth-order valence-electron chi connectivity index (χ4n) is 1.47. The van der Waals surface area contributed by atoms with E-state index in [4.69, 9.17) is 4.74 Å². The molecule has 2 aromatic rings. The molecule has 3 nitrogen and oxygen atoms in total. The van der Waals surface area contributed by atoms with Gasteiger partial charge in [0, 0.05) is 0 Å². The van der Waals surface area contributed by atoms with Crippen LogP contribution in [0.25, 0.3) is 0 Å². The van der Waals surface area contributed by atoms with Crippen LogP contribution in [-0.4, -0.2) is 5.97 Å². The molecule has 3 heteroatoms. The summed E-state index contributed by atoms with van der Waals surface area (Å²) in [6, 6.07) is 15.9. The van der Waals surface area contributed by atoms with Crippen molar-refractivity contribution in [2.24, 2.45) is 0 Å². The second-order valence-corrected chi connectivity index (χ2v) is 3.59. The van der Waals surface area contributed by atoms with Gasteiger partial charge in [-0.15, -0.1) is 0 Å². The van der Waals surface area contributed by atoms with E-state index in [1.54, 1.807) is 12.1 Å². The molecule has 0 radical (unpaired) electrons. The zero-order valence-corrected chi connectivity index (χ0v) is 9.13. The van der Waals surface area contributed by atoms with Crippen molar-refractivity contribution in [2.45, 2.75) is 6.61 Å². The lowest BCUT2D eigenvalue weighted by molar-refractivity contribution is -0.255. The molecule has 0 aliphatic heterocycles. The van der Waals surface area contributed by atoms with Gasteiger partial charge >= 0.3 is 0 Å². The average molecular weight is 227 g/mol. The average Bonchev–Trinajstić information content (AvgIpc) is 2.38. The highest BCUT2D eigenvalue weighted by Crippen LogP contribution is 2.12. The number of benzene rings is 2. The summed E-state index contributed by atoms with van der Waals surface area (Å²) < 4.78 is 5.51. The molecule has 2 rings (SSSR count). The predicted octanol–water partition coefficient (Wildman–Crippen LogP) is 1.63. The number of aromatic carboxylic acids is 1. The molecule has 0 aromatic heterocycles. The van der Waals surface area contributed by atoms with Crippen LogP contribution in [0, 0.1) is 0 Å². The van der Waals surface area contributed by atoms with Crippen molar-refractivity contribution in [3.8, 4) is 5.75 Å². The minimum absolute atomic E-state index is 0.166. The van der Waals surface area contributed by atoms with E-state index in [0.29, 0.717) is 6.61 Å². The van der Waals surface area contributed by atoms with Crippen molar-refractivity contribution in [1.82, 2.24) is 0 Å². The van der Waals surface area contributed by atoms with Gasteiger partial charge in [0.05, 0.1) is 5.97 Å². The molecule has 0 heterocycles. The van der Waals surface area contributed by atoms with Crippen LogP contribution in [0.5, 0.6) is 5.75 Å². The third kappa shape index (κ3) is 3.08. The highest BCUT2D eigenvalue weighted by atomic mass is 16.5. The fraction of sp³-hybridized carbons (Fsp3) is 0.0714. The maximum atomic E-state index is 10.7. The van der Waals surface area contributed by atoms with Crippen molar-refractivity contribution in [3.63, 3.8) is 0 Å². The zero-order valence-electron chi connectivity index (χ0n) is 9.13. The van der Waals surface area contributed by atoms with Crippen LogP contribution in [0.3, 0.4) is 0 Å². The van der Waals surface area contributed by atoms with E-state index in [1.165, 1.54) is 6.07 Å². The summed E-state index contributed by atoms with van der Waals surface area (Å²) in [5, 5.41) is 10.7. The third-order valence-corrected chi connectivity index (χ3v) is 2.31. The van der Waals surface area contributed by atoms with Gasteiger partial charge in [-0.05, 0) is 29.3 Å². The Morgan fingerprint density at radius 3 is 2.53 bits per heavy atom. The van der Waals surface area contributed by atoms with Crippen molar-refractivity contribution in [1.29, 1.82) is 0 Å². The SMILES string of the molecule is O=C([O-])c1cccc(COc2ccccc2)c1. The van der Waals surface area contributed by atoms with E-state index in [1.807, 2.05) is 36.4 Å². The number of carboxylic acids is 1. The van der Waals surface area contributed by atoms with E-state index in [-0.39, 0.29) is 5.56 Å². The Labute approximate surface area is 99.3 Å². The molecule has 0 unspecified atom stereocenters. The Kier molecular flexibility index (Phi) is 3.40. The van der Waals surface area contributed by atoms with Gasteiger partial charge in [0.2, 0.25) is 0 Å². The van der Waals surface area contributed by atoms with E-state index in [0.717, 1.165) is 11.3 Å². The van der Waals surface area contributed by atoms with E-state index >= 15 is 0 Å². The smallest absolute Gasteiger partial charge is 0.119 e. The first-order chi connectivity index (χ1) is 8.25. The molecule has 0 bridgehead atoms. The van der Waals surface area contributed by atoms with Crippen molar-refractivity contribution in [2.75, 3.05) is 0 Å². The largest absolute Gasteiger partial charge is 0.545 e. The van der Waals surface area contributed by atoms with Crippen LogP contribution in [0.2, 0.25) is 0 Å². The Morgan fingerprint density at radius 2 is 1.82 bits per heavy atom. The molecular weight excluding hydrogens is 216 g/mol. The molecule has 0 aliphatic rings. The number of carboxylic acid groups (broad SMARTS) is 1. The summed E-state index contributed by atoms with van der Waals surface area (Å²) in [6.07, 6.45) is 0. The molecule has 17 heavy (non-hydrogen) atoms. The van der Waals surface area contributed by atoms with Crippen LogP contribution in [0.15, 0.2) is 54.6 Å².